The van der Waals surface area contributed by atoms with Crippen molar-refractivity contribution in [3.05, 3.63) is 29.8 Å². The lowest BCUT2D eigenvalue weighted by molar-refractivity contribution is -1.01. The van der Waals surface area contributed by atoms with Crippen LogP contribution in [-0.2, 0) is 0 Å². The summed E-state index contributed by atoms with van der Waals surface area (Å²) in [5.74, 6) is 0.949. The standard InChI is InChI=1S/C16H24N2O2/c1-3-17-8-10-18(11-9-17)12-13-20-16-6-4-15(5-7-16)14(2)19/h4-7H,3,8-13H2,1-2H3/p+2. The Bertz CT molecular complexity index is 423. The molecule has 2 rings (SSSR count). The van der Waals surface area contributed by atoms with Gasteiger partial charge in [-0.15, -0.1) is 0 Å². The number of carbonyl (C=O) groups is 1. The smallest absolute Gasteiger partial charge is 0.159 e. The predicted molar refractivity (Wildman–Crippen MR) is 78.7 cm³/mol. The van der Waals surface area contributed by atoms with Gasteiger partial charge in [-0.25, -0.2) is 0 Å². The van der Waals surface area contributed by atoms with E-state index in [4.69, 9.17) is 4.74 Å². The van der Waals surface area contributed by atoms with E-state index in [-0.39, 0.29) is 5.78 Å². The Morgan fingerprint density at radius 1 is 1.10 bits per heavy atom. The molecule has 1 aromatic carbocycles. The maximum Gasteiger partial charge on any atom is 0.159 e. The summed E-state index contributed by atoms with van der Waals surface area (Å²) < 4.78 is 5.76. The summed E-state index contributed by atoms with van der Waals surface area (Å²) in [6.07, 6.45) is 0. The Labute approximate surface area is 121 Å². The lowest BCUT2D eigenvalue weighted by atomic mass is 10.1. The van der Waals surface area contributed by atoms with Crippen LogP contribution in [0.15, 0.2) is 24.3 Å². The zero-order valence-electron chi connectivity index (χ0n) is 12.6. The van der Waals surface area contributed by atoms with Crippen molar-refractivity contribution in [2.24, 2.45) is 0 Å². The van der Waals surface area contributed by atoms with E-state index in [2.05, 4.69) is 6.92 Å². The molecule has 0 spiro atoms. The Hall–Kier alpha value is -1.39. The first kappa shape index (κ1) is 15.0. The number of hydrogen-bond donors (Lipinski definition) is 2. The van der Waals surface area contributed by atoms with Crippen molar-refractivity contribution in [2.45, 2.75) is 13.8 Å². The van der Waals surface area contributed by atoms with Crippen LogP contribution in [-0.4, -0.2) is 51.7 Å². The highest BCUT2D eigenvalue weighted by Gasteiger charge is 2.20. The molecule has 0 aromatic heterocycles. The normalized spacial score (nSPS) is 22.5. The molecular weight excluding hydrogens is 252 g/mol. The van der Waals surface area contributed by atoms with Gasteiger partial charge in [-0.05, 0) is 38.1 Å². The van der Waals surface area contributed by atoms with Gasteiger partial charge in [0.2, 0.25) is 0 Å². The van der Waals surface area contributed by atoms with Crippen LogP contribution < -0.4 is 14.5 Å². The number of rotatable bonds is 6. The summed E-state index contributed by atoms with van der Waals surface area (Å²) in [6, 6.07) is 7.41. The fourth-order valence-corrected chi connectivity index (χ4v) is 2.66. The highest BCUT2D eigenvalue weighted by atomic mass is 16.5. The van der Waals surface area contributed by atoms with Crippen molar-refractivity contribution in [2.75, 3.05) is 45.9 Å². The van der Waals surface area contributed by atoms with E-state index in [0.29, 0.717) is 0 Å². The number of piperazine rings is 1. The zero-order chi connectivity index (χ0) is 14.4. The highest BCUT2D eigenvalue weighted by Crippen LogP contribution is 2.11. The molecule has 110 valence electrons. The molecule has 1 aliphatic heterocycles. The minimum absolute atomic E-state index is 0.0947. The Balaban J connectivity index is 1.69. The quantitative estimate of drug-likeness (QED) is 0.660. The van der Waals surface area contributed by atoms with Gasteiger partial charge >= 0.3 is 0 Å². The lowest BCUT2D eigenvalue weighted by Crippen LogP contribution is -3.28. The minimum Gasteiger partial charge on any atom is -0.488 e. The Morgan fingerprint density at radius 2 is 1.70 bits per heavy atom. The molecule has 0 radical (unpaired) electrons. The molecule has 20 heavy (non-hydrogen) atoms. The van der Waals surface area contributed by atoms with Gasteiger partial charge in [0.05, 0.1) is 6.54 Å². The second kappa shape index (κ2) is 7.41. The largest absolute Gasteiger partial charge is 0.488 e. The van der Waals surface area contributed by atoms with E-state index in [9.17, 15) is 4.79 Å². The fourth-order valence-electron chi connectivity index (χ4n) is 2.66. The van der Waals surface area contributed by atoms with Crippen molar-refractivity contribution < 1.29 is 19.3 Å². The second-order valence-electron chi connectivity index (χ2n) is 5.53. The van der Waals surface area contributed by atoms with Crippen LogP contribution in [0.1, 0.15) is 24.2 Å². The third kappa shape index (κ3) is 4.32. The molecule has 0 saturated carbocycles. The first-order valence-electron chi connectivity index (χ1n) is 7.60. The number of nitrogens with one attached hydrogen (secondary N) is 2. The third-order valence-corrected chi connectivity index (χ3v) is 4.15. The number of quaternary nitrogens is 2. The zero-order valence-corrected chi connectivity index (χ0v) is 12.6. The van der Waals surface area contributed by atoms with Gasteiger partial charge in [0, 0.05) is 5.56 Å². The Kier molecular flexibility index (Phi) is 5.56. The van der Waals surface area contributed by atoms with Crippen LogP contribution in [0, 0.1) is 0 Å². The van der Waals surface area contributed by atoms with Gasteiger partial charge in [0.25, 0.3) is 0 Å². The number of benzene rings is 1. The van der Waals surface area contributed by atoms with Crippen molar-refractivity contribution in [1.82, 2.24) is 0 Å². The average molecular weight is 278 g/mol. The molecular formula is C16H26N2O2+2. The number of likely N-dealkylation sites (N-methyl/N-ethyl adjacent to an activating group) is 1. The molecule has 2 N–H and O–H groups in total. The van der Waals surface area contributed by atoms with Crippen LogP contribution >= 0.6 is 0 Å². The molecule has 1 aliphatic rings. The molecule has 1 saturated heterocycles. The predicted octanol–water partition coefficient (Wildman–Crippen LogP) is -0.929. The van der Waals surface area contributed by atoms with Gasteiger partial charge in [0.15, 0.2) is 5.78 Å². The second-order valence-corrected chi connectivity index (χ2v) is 5.53. The maximum absolute atomic E-state index is 11.2. The van der Waals surface area contributed by atoms with E-state index >= 15 is 0 Å². The van der Waals surface area contributed by atoms with Gasteiger partial charge < -0.3 is 14.5 Å². The van der Waals surface area contributed by atoms with E-state index < -0.39 is 0 Å². The van der Waals surface area contributed by atoms with Crippen molar-refractivity contribution in [3.63, 3.8) is 0 Å². The monoisotopic (exact) mass is 278 g/mol. The summed E-state index contributed by atoms with van der Waals surface area (Å²) in [6.45, 7) is 11.9. The van der Waals surface area contributed by atoms with E-state index in [1.807, 2.05) is 24.3 Å². The maximum atomic E-state index is 11.2. The summed E-state index contributed by atoms with van der Waals surface area (Å²) in [4.78, 5) is 14.5. The molecule has 0 amide bonds. The molecule has 1 fully saturated rings. The number of hydrogen-bond acceptors (Lipinski definition) is 2. The van der Waals surface area contributed by atoms with Crippen molar-refractivity contribution >= 4 is 5.78 Å². The van der Waals surface area contributed by atoms with Crippen LogP contribution in [0.25, 0.3) is 0 Å². The number of ether oxygens (including phenoxy) is 1. The van der Waals surface area contributed by atoms with Gasteiger partial charge in [-0.2, -0.15) is 0 Å². The van der Waals surface area contributed by atoms with Gasteiger partial charge in [-0.1, -0.05) is 0 Å². The van der Waals surface area contributed by atoms with E-state index in [1.165, 1.54) is 32.7 Å². The summed E-state index contributed by atoms with van der Waals surface area (Å²) >= 11 is 0. The molecule has 0 bridgehead atoms. The first-order chi connectivity index (χ1) is 9.69. The Morgan fingerprint density at radius 3 is 2.25 bits per heavy atom. The van der Waals surface area contributed by atoms with Gasteiger partial charge in [-0.3, -0.25) is 4.79 Å². The molecule has 4 nitrogen and oxygen atoms in total. The molecule has 1 aromatic rings. The molecule has 0 atom stereocenters. The van der Waals surface area contributed by atoms with Crippen molar-refractivity contribution in [3.8, 4) is 5.75 Å². The molecule has 1 heterocycles. The minimum atomic E-state index is 0.0947. The van der Waals surface area contributed by atoms with E-state index in [0.717, 1.165) is 24.5 Å². The third-order valence-electron chi connectivity index (χ3n) is 4.15. The molecule has 0 unspecified atom stereocenters. The topological polar surface area (TPSA) is 35.2 Å². The summed E-state index contributed by atoms with van der Waals surface area (Å²) in [5.41, 5.74) is 0.738. The highest BCUT2D eigenvalue weighted by molar-refractivity contribution is 5.94. The van der Waals surface area contributed by atoms with Crippen LogP contribution in [0.4, 0.5) is 0 Å². The van der Waals surface area contributed by atoms with Gasteiger partial charge in [0.1, 0.15) is 45.1 Å². The average Bonchev–Trinajstić information content (AvgIpc) is 2.48. The summed E-state index contributed by atoms with van der Waals surface area (Å²) in [5, 5.41) is 0. The van der Waals surface area contributed by atoms with Crippen molar-refractivity contribution in [1.29, 1.82) is 0 Å². The fraction of sp³-hybridized carbons (Fsp3) is 0.562. The van der Waals surface area contributed by atoms with Crippen LogP contribution in [0.3, 0.4) is 0 Å². The number of ketones is 1. The number of carbonyl (C=O) groups excluding carboxylic acids is 1. The SMILES string of the molecule is CC[NH+]1CC[NH+](CCOc2ccc(C(C)=O)cc2)CC1. The molecule has 4 heteroatoms. The molecule has 0 aliphatic carbocycles. The first-order valence-corrected chi connectivity index (χ1v) is 7.60. The van der Waals surface area contributed by atoms with Crippen LogP contribution in [0.5, 0.6) is 5.75 Å². The summed E-state index contributed by atoms with van der Waals surface area (Å²) in [7, 11) is 0. The van der Waals surface area contributed by atoms with Crippen LogP contribution in [0.2, 0.25) is 0 Å². The number of Topliss-reactive ketones (excluding diaryl/α,β-unsaturated/α-hetero) is 1. The lowest BCUT2D eigenvalue weighted by Gasteiger charge is -2.28. The van der Waals surface area contributed by atoms with E-state index in [1.54, 1.807) is 16.7 Å².